The molecule has 3 N–H and O–H groups in total. The van der Waals surface area contributed by atoms with E-state index < -0.39 is 0 Å². The van der Waals surface area contributed by atoms with E-state index in [-0.39, 0.29) is 4.33 Å². The molecule has 0 bridgehead atoms. The van der Waals surface area contributed by atoms with Crippen molar-refractivity contribution in [2.75, 3.05) is 6.26 Å². The first kappa shape index (κ1) is 6.32. The highest BCUT2D eigenvalue weighted by molar-refractivity contribution is 8.19. The third-order valence-electron chi connectivity index (χ3n) is 0.899. The Bertz CT molecular complexity index is 105. The molecule has 0 aromatic rings. The fourth-order valence-corrected chi connectivity index (χ4v) is 1.64. The molecule has 1 rings (SSSR count). The third kappa shape index (κ3) is 1.13. The molecule has 4 heteroatoms. The van der Waals surface area contributed by atoms with Crippen molar-refractivity contribution in [3.63, 3.8) is 0 Å². The van der Waals surface area contributed by atoms with Gasteiger partial charge in [0.1, 0.15) is 0 Å². The molecule has 0 saturated carbocycles. The minimum absolute atomic E-state index is 0.292. The number of rotatable bonds is 1. The number of thioether (sulfide) groups is 2. The first-order valence-electron chi connectivity index (χ1n) is 2.21. The minimum Gasteiger partial charge on any atom is -0.356 e. The van der Waals surface area contributed by atoms with Crippen LogP contribution in [-0.2, 0) is 0 Å². The summed E-state index contributed by atoms with van der Waals surface area (Å²) in [5.74, 6) is 0. The number of hydrogen-bond donors (Lipinski definition) is 2. The summed E-state index contributed by atoms with van der Waals surface area (Å²) in [5, 5.41) is 4.96. The fraction of sp³-hybridized carbons (Fsp3) is 0.500. The van der Waals surface area contributed by atoms with E-state index in [4.69, 9.17) is 5.73 Å². The normalized spacial score (nSPS) is 35.2. The monoisotopic (exact) mass is 148 g/mol. The van der Waals surface area contributed by atoms with Crippen molar-refractivity contribution in [2.24, 2.45) is 5.73 Å². The Morgan fingerprint density at radius 2 is 2.62 bits per heavy atom. The maximum absolute atomic E-state index is 5.71. The van der Waals surface area contributed by atoms with Crippen molar-refractivity contribution in [3.8, 4) is 0 Å². The molecule has 1 unspecified atom stereocenters. The van der Waals surface area contributed by atoms with Crippen LogP contribution in [0.1, 0.15) is 0 Å². The van der Waals surface area contributed by atoms with E-state index >= 15 is 0 Å². The largest absolute Gasteiger partial charge is 0.356 e. The van der Waals surface area contributed by atoms with Crippen LogP contribution < -0.4 is 11.1 Å². The highest BCUT2D eigenvalue weighted by Gasteiger charge is 2.23. The van der Waals surface area contributed by atoms with E-state index in [1.165, 1.54) is 0 Å². The Morgan fingerprint density at radius 1 is 1.88 bits per heavy atom. The summed E-state index contributed by atoms with van der Waals surface area (Å²) in [4.78, 5) is 0. The average molecular weight is 148 g/mol. The van der Waals surface area contributed by atoms with E-state index in [1.807, 2.05) is 17.9 Å². The summed E-state index contributed by atoms with van der Waals surface area (Å²) in [5.41, 5.74) is 5.71. The van der Waals surface area contributed by atoms with Crippen LogP contribution in [0, 0.1) is 0 Å². The molecule has 0 spiro atoms. The number of nitrogens with one attached hydrogen (secondary N) is 1. The van der Waals surface area contributed by atoms with Gasteiger partial charge in [-0.25, -0.2) is 0 Å². The molecule has 1 heterocycles. The van der Waals surface area contributed by atoms with Gasteiger partial charge in [0.05, 0.1) is 0 Å². The molecule has 0 saturated heterocycles. The molecule has 0 aliphatic carbocycles. The minimum atomic E-state index is -0.292. The molecule has 0 amide bonds. The Labute approximate surface area is 57.3 Å². The van der Waals surface area contributed by atoms with Crippen LogP contribution in [-0.4, -0.2) is 10.6 Å². The molecular formula is C4H8N2S2. The predicted octanol–water partition coefficient (Wildman–Crippen LogP) is 0.727. The van der Waals surface area contributed by atoms with Crippen LogP contribution in [0.3, 0.4) is 0 Å². The molecule has 0 aromatic carbocycles. The van der Waals surface area contributed by atoms with Gasteiger partial charge in [-0.1, -0.05) is 11.8 Å². The summed E-state index contributed by atoms with van der Waals surface area (Å²) in [6.07, 6.45) is 3.84. The Morgan fingerprint density at radius 3 is 2.88 bits per heavy atom. The van der Waals surface area contributed by atoms with Gasteiger partial charge in [-0.2, -0.15) is 0 Å². The maximum atomic E-state index is 5.71. The van der Waals surface area contributed by atoms with E-state index in [0.29, 0.717) is 0 Å². The van der Waals surface area contributed by atoms with Gasteiger partial charge >= 0.3 is 0 Å². The molecule has 8 heavy (non-hydrogen) atoms. The van der Waals surface area contributed by atoms with E-state index in [9.17, 15) is 0 Å². The highest BCUT2D eigenvalue weighted by atomic mass is 32.2. The highest BCUT2D eigenvalue weighted by Crippen LogP contribution is 2.31. The molecule has 1 aliphatic heterocycles. The lowest BCUT2D eigenvalue weighted by Crippen LogP contribution is -2.41. The van der Waals surface area contributed by atoms with Crippen LogP contribution in [0.2, 0.25) is 0 Å². The second-order valence-electron chi connectivity index (χ2n) is 1.44. The van der Waals surface area contributed by atoms with Gasteiger partial charge in [-0.15, -0.1) is 11.8 Å². The second kappa shape index (κ2) is 2.21. The average Bonchev–Trinajstić information content (AvgIpc) is 2.17. The number of hydrogen-bond acceptors (Lipinski definition) is 4. The smallest absolute Gasteiger partial charge is 0.186 e. The van der Waals surface area contributed by atoms with Gasteiger partial charge in [0.15, 0.2) is 4.33 Å². The summed E-state index contributed by atoms with van der Waals surface area (Å²) in [7, 11) is 0. The summed E-state index contributed by atoms with van der Waals surface area (Å²) < 4.78 is -0.292. The second-order valence-corrected chi connectivity index (χ2v) is 3.90. The van der Waals surface area contributed by atoms with Gasteiger partial charge in [-0.3, -0.25) is 5.73 Å². The fourth-order valence-electron chi connectivity index (χ4n) is 0.426. The van der Waals surface area contributed by atoms with Crippen LogP contribution >= 0.6 is 23.5 Å². The standard InChI is InChI=1S/C4H8N2S2/c1-7-4(5)6-2-3-8-4/h2-3,6H,5H2,1H3. The van der Waals surface area contributed by atoms with Crippen LogP contribution in [0.4, 0.5) is 0 Å². The zero-order valence-corrected chi connectivity index (χ0v) is 6.18. The molecule has 0 fully saturated rings. The Hall–Kier alpha value is 0.200. The van der Waals surface area contributed by atoms with Crippen molar-refractivity contribution in [1.82, 2.24) is 5.32 Å². The molecule has 46 valence electrons. The summed E-state index contributed by atoms with van der Waals surface area (Å²) in [6.45, 7) is 0. The van der Waals surface area contributed by atoms with E-state index in [2.05, 4.69) is 5.32 Å². The van der Waals surface area contributed by atoms with Gasteiger partial charge in [-0.05, 0) is 11.7 Å². The molecule has 1 aliphatic rings. The topological polar surface area (TPSA) is 38.0 Å². The van der Waals surface area contributed by atoms with Crippen molar-refractivity contribution >= 4 is 23.5 Å². The van der Waals surface area contributed by atoms with Gasteiger partial charge < -0.3 is 5.32 Å². The van der Waals surface area contributed by atoms with Gasteiger partial charge in [0.2, 0.25) is 0 Å². The van der Waals surface area contributed by atoms with Gasteiger partial charge in [0, 0.05) is 6.20 Å². The lowest BCUT2D eigenvalue weighted by Gasteiger charge is -2.19. The van der Waals surface area contributed by atoms with Crippen molar-refractivity contribution in [2.45, 2.75) is 4.33 Å². The molecular weight excluding hydrogens is 140 g/mol. The SMILES string of the molecule is CSC1(N)NC=CS1. The van der Waals surface area contributed by atoms with Crippen LogP contribution in [0.15, 0.2) is 11.6 Å². The third-order valence-corrected chi connectivity index (χ3v) is 3.15. The Balaban J connectivity index is 2.46. The lowest BCUT2D eigenvalue weighted by atomic mass is 10.9. The molecule has 0 radical (unpaired) electrons. The van der Waals surface area contributed by atoms with Gasteiger partial charge in [0.25, 0.3) is 0 Å². The summed E-state index contributed by atoms with van der Waals surface area (Å²) in [6, 6.07) is 0. The van der Waals surface area contributed by atoms with Crippen LogP contribution in [0.5, 0.6) is 0 Å². The van der Waals surface area contributed by atoms with Crippen molar-refractivity contribution < 1.29 is 0 Å². The molecule has 0 aromatic heterocycles. The quantitative estimate of drug-likeness (QED) is 0.538. The number of nitrogens with two attached hydrogens (primary N) is 1. The van der Waals surface area contributed by atoms with Crippen molar-refractivity contribution in [1.29, 1.82) is 0 Å². The van der Waals surface area contributed by atoms with Crippen LogP contribution in [0.25, 0.3) is 0 Å². The maximum Gasteiger partial charge on any atom is 0.186 e. The lowest BCUT2D eigenvalue weighted by molar-refractivity contribution is 0.778. The van der Waals surface area contributed by atoms with E-state index in [0.717, 1.165) is 0 Å². The molecule has 1 atom stereocenters. The predicted molar refractivity (Wildman–Crippen MR) is 40.3 cm³/mol. The molecule has 2 nitrogen and oxygen atoms in total. The van der Waals surface area contributed by atoms with Crippen molar-refractivity contribution in [3.05, 3.63) is 11.6 Å². The Kier molecular flexibility index (Phi) is 1.74. The summed E-state index contributed by atoms with van der Waals surface area (Å²) >= 11 is 3.20. The zero-order chi connectivity index (χ0) is 6.04. The first-order valence-corrected chi connectivity index (χ1v) is 4.32. The first-order chi connectivity index (χ1) is 3.77. The van der Waals surface area contributed by atoms with E-state index in [1.54, 1.807) is 23.5 Å². The zero-order valence-electron chi connectivity index (χ0n) is 4.55.